The highest BCUT2D eigenvalue weighted by atomic mass is 32.2. The summed E-state index contributed by atoms with van der Waals surface area (Å²) in [5.41, 5.74) is 1.31. The number of rotatable bonds is 9. The zero-order valence-electron chi connectivity index (χ0n) is 17.4. The molecule has 33 heavy (non-hydrogen) atoms. The van der Waals surface area contributed by atoms with Crippen LogP contribution in [0.4, 0.5) is 11.5 Å². The number of tetrazole rings is 1. The number of thioether (sulfide) groups is 1. The van der Waals surface area contributed by atoms with Gasteiger partial charge in [0.2, 0.25) is 11.1 Å². The van der Waals surface area contributed by atoms with E-state index >= 15 is 0 Å². The van der Waals surface area contributed by atoms with Crippen LogP contribution in [0.15, 0.2) is 75.2 Å². The number of nitrogens with zero attached hydrogens (tertiary/aromatic N) is 5. The maximum atomic E-state index is 12.4. The van der Waals surface area contributed by atoms with Crippen molar-refractivity contribution in [2.45, 2.75) is 23.4 Å². The molecule has 0 aliphatic carbocycles. The number of carbonyl (C=O) groups excluding carboxylic acids is 1. The Kier molecular flexibility index (Phi) is 6.70. The molecular formula is C20H19N7O4S2. The van der Waals surface area contributed by atoms with Gasteiger partial charge in [-0.05, 0) is 53.7 Å². The summed E-state index contributed by atoms with van der Waals surface area (Å²) in [5, 5.41) is 18.6. The van der Waals surface area contributed by atoms with E-state index in [1.807, 2.05) is 30.3 Å². The molecule has 0 spiro atoms. The van der Waals surface area contributed by atoms with Crippen molar-refractivity contribution in [2.75, 3.05) is 15.8 Å². The first-order valence-corrected chi connectivity index (χ1v) is 12.2. The fourth-order valence-electron chi connectivity index (χ4n) is 2.79. The van der Waals surface area contributed by atoms with E-state index in [2.05, 4.69) is 30.7 Å². The lowest BCUT2D eigenvalue weighted by atomic mass is 10.3. The lowest BCUT2D eigenvalue weighted by Crippen LogP contribution is -2.14. The van der Waals surface area contributed by atoms with E-state index in [4.69, 9.17) is 4.52 Å². The summed E-state index contributed by atoms with van der Waals surface area (Å²) >= 11 is 1.36. The Hall–Kier alpha value is -3.71. The first-order chi connectivity index (χ1) is 15.9. The predicted octanol–water partition coefficient (Wildman–Crippen LogP) is 2.88. The Balaban J connectivity index is 1.29. The molecule has 0 saturated carbocycles. The van der Waals surface area contributed by atoms with E-state index < -0.39 is 10.0 Å². The van der Waals surface area contributed by atoms with Crippen LogP contribution >= 0.6 is 11.8 Å². The third-order valence-corrected chi connectivity index (χ3v) is 6.61. The fourth-order valence-corrected chi connectivity index (χ4v) is 4.60. The van der Waals surface area contributed by atoms with Gasteiger partial charge in [-0.3, -0.25) is 9.52 Å². The van der Waals surface area contributed by atoms with Crippen molar-refractivity contribution >= 4 is 39.2 Å². The monoisotopic (exact) mass is 485 g/mol. The summed E-state index contributed by atoms with van der Waals surface area (Å²) in [7, 11) is -3.82. The zero-order valence-corrected chi connectivity index (χ0v) is 19.0. The number of hydrogen-bond donors (Lipinski definition) is 2. The molecule has 0 aliphatic heterocycles. The number of para-hydroxylation sites is 1. The van der Waals surface area contributed by atoms with Crippen LogP contribution in [-0.2, 0) is 14.8 Å². The number of aryl methyl sites for hydroxylation is 1. The van der Waals surface area contributed by atoms with Gasteiger partial charge in [-0.15, -0.1) is 5.10 Å². The molecule has 2 aromatic heterocycles. The van der Waals surface area contributed by atoms with Crippen molar-refractivity contribution in [1.29, 1.82) is 0 Å². The second-order valence-electron chi connectivity index (χ2n) is 6.81. The molecule has 13 heteroatoms. The normalized spacial score (nSPS) is 11.3. The Morgan fingerprint density at radius 2 is 1.88 bits per heavy atom. The van der Waals surface area contributed by atoms with Gasteiger partial charge in [0.25, 0.3) is 10.0 Å². The summed E-state index contributed by atoms with van der Waals surface area (Å²) in [6.45, 7) is 1.66. The van der Waals surface area contributed by atoms with Gasteiger partial charge in [0.05, 0.1) is 10.6 Å². The summed E-state index contributed by atoms with van der Waals surface area (Å²) in [4.78, 5) is 12.3. The second kappa shape index (κ2) is 9.83. The minimum absolute atomic E-state index is 0.0319. The van der Waals surface area contributed by atoms with Crippen LogP contribution in [0.3, 0.4) is 0 Å². The molecule has 0 saturated heterocycles. The molecule has 1 amide bonds. The maximum absolute atomic E-state index is 12.4. The Morgan fingerprint density at radius 1 is 1.12 bits per heavy atom. The molecule has 0 radical (unpaired) electrons. The molecule has 4 aromatic rings. The van der Waals surface area contributed by atoms with Crippen LogP contribution in [0.5, 0.6) is 0 Å². The molecule has 0 bridgehead atoms. The van der Waals surface area contributed by atoms with Crippen LogP contribution < -0.4 is 10.0 Å². The van der Waals surface area contributed by atoms with Crippen LogP contribution in [0.1, 0.15) is 12.2 Å². The number of sulfonamides is 1. The standard InChI is InChI=1S/C20H19N7O4S2/c1-14-13-18(23-31-14)24-33(29,30)17-9-7-15(8-10-17)21-19(28)11-12-32-20-22-25-26-27(20)16-5-3-2-4-6-16/h2-10,13H,11-12H2,1H3,(H,21,28)(H,23,24). The molecule has 2 heterocycles. The zero-order chi connectivity index (χ0) is 23.3. The number of nitrogens with one attached hydrogen (secondary N) is 2. The van der Waals surface area contributed by atoms with Gasteiger partial charge in [0, 0.05) is 23.9 Å². The Bertz CT molecular complexity index is 1340. The van der Waals surface area contributed by atoms with Gasteiger partial charge < -0.3 is 9.84 Å². The molecule has 4 rings (SSSR count). The van der Waals surface area contributed by atoms with Crippen molar-refractivity contribution in [3.63, 3.8) is 0 Å². The molecule has 0 aliphatic rings. The third-order valence-electron chi connectivity index (χ3n) is 4.32. The van der Waals surface area contributed by atoms with Crippen LogP contribution in [0, 0.1) is 6.92 Å². The van der Waals surface area contributed by atoms with E-state index in [-0.39, 0.29) is 23.0 Å². The lowest BCUT2D eigenvalue weighted by Gasteiger charge is -2.08. The van der Waals surface area contributed by atoms with Crippen molar-refractivity contribution in [2.24, 2.45) is 0 Å². The van der Waals surface area contributed by atoms with Gasteiger partial charge in [0.15, 0.2) is 5.82 Å². The van der Waals surface area contributed by atoms with E-state index in [1.165, 1.54) is 42.1 Å². The number of anilines is 2. The van der Waals surface area contributed by atoms with Gasteiger partial charge >= 0.3 is 0 Å². The third kappa shape index (κ3) is 5.75. The van der Waals surface area contributed by atoms with Crippen molar-refractivity contribution in [3.05, 3.63) is 66.4 Å². The molecule has 0 unspecified atom stereocenters. The maximum Gasteiger partial charge on any atom is 0.263 e. The van der Waals surface area contributed by atoms with E-state index in [9.17, 15) is 13.2 Å². The average Bonchev–Trinajstić information content (AvgIpc) is 3.43. The molecule has 2 N–H and O–H groups in total. The SMILES string of the molecule is Cc1cc(NS(=O)(=O)c2ccc(NC(=O)CCSc3nnnn3-c3ccccc3)cc2)no1. The van der Waals surface area contributed by atoms with Gasteiger partial charge in [-0.25, -0.2) is 8.42 Å². The molecule has 11 nitrogen and oxygen atoms in total. The minimum atomic E-state index is -3.82. The lowest BCUT2D eigenvalue weighted by molar-refractivity contribution is -0.115. The number of hydrogen-bond acceptors (Lipinski definition) is 9. The first-order valence-electron chi connectivity index (χ1n) is 9.73. The fraction of sp³-hybridized carbons (Fsp3) is 0.150. The summed E-state index contributed by atoms with van der Waals surface area (Å²) in [6.07, 6.45) is 0.222. The van der Waals surface area contributed by atoms with Crippen molar-refractivity contribution < 1.29 is 17.7 Å². The largest absolute Gasteiger partial charge is 0.360 e. The number of aromatic nitrogens is 5. The van der Waals surface area contributed by atoms with Gasteiger partial charge in [-0.1, -0.05) is 35.1 Å². The van der Waals surface area contributed by atoms with E-state index in [0.717, 1.165) is 5.69 Å². The molecule has 0 fully saturated rings. The molecular weight excluding hydrogens is 466 g/mol. The topological polar surface area (TPSA) is 145 Å². The smallest absolute Gasteiger partial charge is 0.263 e. The van der Waals surface area contributed by atoms with Crippen molar-refractivity contribution in [3.8, 4) is 5.69 Å². The Morgan fingerprint density at radius 3 is 2.58 bits per heavy atom. The first kappa shape index (κ1) is 22.5. The molecule has 170 valence electrons. The highest BCUT2D eigenvalue weighted by Gasteiger charge is 2.16. The summed E-state index contributed by atoms with van der Waals surface area (Å²) < 4.78 is 33.6. The number of benzene rings is 2. The van der Waals surface area contributed by atoms with Gasteiger partial charge in [0.1, 0.15) is 5.76 Å². The quantitative estimate of drug-likeness (QED) is 0.342. The molecule has 2 aromatic carbocycles. The number of amides is 1. The van der Waals surface area contributed by atoms with Crippen molar-refractivity contribution in [1.82, 2.24) is 25.4 Å². The van der Waals surface area contributed by atoms with Crippen LogP contribution in [-0.4, -0.2) is 45.4 Å². The second-order valence-corrected chi connectivity index (χ2v) is 9.55. The Labute approximate surface area is 193 Å². The van der Waals surface area contributed by atoms with Crippen LogP contribution in [0.25, 0.3) is 5.69 Å². The average molecular weight is 486 g/mol. The summed E-state index contributed by atoms with van der Waals surface area (Å²) in [5.74, 6) is 0.834. The van der Waals surface area contributed by atoms with Crippen LogP contribution in [0.2, 0.25) is 0 Å². The number of carbonyl (C=O) groups is 1. The highest BCUT2D eigenvalue weighted by molar-refractivity contribution is 7.99. The predicted molar refractivity (Wildman–Crippen MR) is 122 cm³/mol. The summed E-state index contributed by atoms with van der Waals surface area (Å²) in [6, 6.07) is 16.8. The minimum Gasteiger partial charge on any atom is -0.360 e. The van der Waals surface area contributed by atoms with E-state index in [0.29, 0.717) is 22.4 Å². The van der Waals surface area contributed by atoms with E-state index in [1.54, 1.807) is 11.6 Å². The highest BCUT2D eigenvalue weighted by Crippen LogP contribution is 2.20. The molecule has 0 atom stereocenters. The van der Waals surface area contributed by atoms with Gasteiger partial charge in [-0.2, -0.15) is 4.68 Å².